The van der Waals surface area contributed by atoms with Gasteiger partial charge in [0.05, 0.1) is 24.9 Å². The van der Waals surface area contributed by atoms with E-state index in [1.54, 1.807) is 11.3 Å². The molecular formula is C13H23N3OS. The summed E-state index contributed by atoms with van der Waals surface area (Å²) in [5, 5.41) is 1.13. The van der Waals surface area contributed by atoms with Gasteiger partial charge >= 0.3 is 0 Å². The molecule has 1 aromatic rings. The van der Waals surface area contributed by atoms with Crippen LogP contribution in [0, 0.1) is 0 Å². The average molecular weight is 269 g/mol. The van der Waals surface area contributed by atoms with Crippen LogP contribution in [0.5, 0.6) is 0 Å². The van der Waals surface area contributed by atoms with Crippen molar-refractivity contribution in [3.8, 4) is 0 Å². The third-order valence-electron chi connectivity index (χ3n) is 3.38. The lowest BCUT2D eigenvalue weighted by Gasteiger charge is -2.34. The van der Waals surface area contributed by atoms with Crippen molar-refractivity contribution >= 4 is 16.5 Å². The lowest BCUT2D eigenvalue weighted by Crippen LogP contribution is -2.45. The molecule has 0 bridgehead atoms. The molecule has 5 heteroatoms. The first-order chi connectivity index (χ1) is 8.80. The maximum Gasteiger partial charge on any atom is 0.186 e. The van der Waals surface area contributed by atoms with Crippen LogP contribution in [0.1, 0.15) is 37.3 Å². The Labute approximate surface area is 113 Å². The molecule has 1 saturated heterocycles. The lowest BCUT2D eigenvalue weighted by molar-refractivity contribution is 0.0929. The van der Waals surface area contributed by atoms with Gasteiger partial charge in [-0.05, 0) is 12.8 Å². The highest BCUT2D eigenvalue weighted by Crippen LogP contribution is 2.30. The SMILES string of the molecule is CCCc1nc(N2CCOCC2CC)sc1CN. The summed E-state index contributed by atoms with van der Waals surface area (Å²) >= 11 is 1.76. The molecule has 0 aromatic carbocycles. The van der Waals surface area contributed by atoms with E-state index in [9.17, 15) is 0 Å². The zero-order valence-electron chi connectivity index (χ0n) is 11.3. The molecule has 2 rings (SSSR count). The lowest BCUT2D eigenvalue weighted by atomic mass is 10.2. The number of nitrogens with two attached hydrogens (primary N) is 1. The first-order valence-electron chi connectivity index (χ1n) is 6.83. The van der Waals surface area contributed by atoms with E-state index < -0.39 is 0 Å². The van der Waals surface area contributed by atoms with Crippen LogP contribution in [0.4, 0.5) is 5.13 Å². The van der Waals surface area contributed by atoms with Gasteiger partial charge in [-0.15, -0.1) is 11.3 Å². The van der Waals surface area contributed by atoms with Crippen LogP contribution in [0.2, 0.25) is 0 Å². The van der Waals surface area contributed by atoms with Crippen LogP contribution in [-0.2, 0) is 17.7 Å². The molecule has 2 N–H and O–H groups in total. The molecule has 2 heterocycles. The number of nitrogens with zero attached hydrogens (tertiary/aromatic N) is 2. The first-order valence-corrected chi connectivity index (χ1v) is 7.64. The summed E-state index contributed by atoms with van der Waals surface area (Å²) in [4.78, 5) is 8.44. The third-order valence-corrected chi connectivity index (χ3v) is 4.54. The fourth-order valence-corrected chi connectivity index (χ4v) is 3.41. The van der Waals surface area contributed by atoms with Crippen molar-refractivity contribution in [1.82, 2.24) is 4.98 Å². The molecule has 0 aliphatic carbocycles. The zero-order chi connectivity index (χ0) is 13.0. The Kier molecular flexibility index (Phi) is 4.97. The maximum atomic E-state index is 5.82. The summed E-state index contributed by atoms with van der Waals surface area (Å²) in [5.74, 6) is 0. The summed E-state index contributed by atoms with van der Waals surface area (Å²) in [6.45, 7) is 7.56. The molecule has 0 saturated carbocycles. The zero-order valence-corrected chi connectivity index (χ0v) is 12.1. The monoisotopic (exact) mass is 269 g/mol. The van der Waals surface area contributed by atoms with Crippen molar-refractivity contribution in [2.24, 2.45) is 5.73 Å². The van der Waals surface area contributed by atoms with Crippen LogP contribution < -0.4 is 10.6 Å². The molecule has 1 aliphatic heterocycles. The first kappa shape index (κ1) is 13.8. The van der Waals surface area contributed by atoms with Gasteiger partial charge in [0.2, 0.25) is 0 Å². The fraction of sp³-hybridized carbons (Fsp3) is 0.769. The Balaban J connectivity index is 2.20. The van der Waals surface area contributed by atoms with Crippen LogP contribution in [-0.4, -0.2) is 30.8 Å². The molecule has 1 unspecified atom stereocenters. The molecule has 0 amide bonds. The number of rotatable bonds is 5. The second-order valence-electron chi connectivity index (χ2n) is 4.65. The van der Waals surface area contributed by atoms with E-state index in [2.05, 4.69) is 18.7 Å². The maximum absolute atomic E-state index is 5.82. The average Bonchev–Trinajstić information content (AvgIpc) is 2.82. The van der Waals surface area contributed by atoms with Crippen molar-refractivity contribution in [2.45, 2.75) is 45.7 Å². The predicted octanol–water partition coefficient (Wildman–Crippen LogP) is 2.17. The minimum absolute atomic E-state index is 0.463. The van der Waals surface area contributed by atoms with E-state index in [1.165, 1.54) is 10.6 Å². The topological polar surface area (TPSA) is 51.4 Å². The Morgan fingerprint density at radius 1 is 1.50 bits per heavy atom. The standard InChI is InChI=1S/C13H23N3OS/c1-3-5-11-12(8-14)18-13(15-11)16-6-7-17-9-10(16)4-2/h10H,3-9,14H2,1-2H3. The quantitative estimate of drug-likeness (QED) is 0.890. The van der Waals surface area contributed by atoms with Crippen molar-refractivity contribution in [3.63, 3.8) is 0 Å². The number of aryl methyl sites for hydroxylation is 1. The number of morpholine rings is 1. The Morgan fingerprint density at radius 2 is 2.33 bits per heavy atom. The number of aromatic nitrogens is 1. The van der Waals surface area contributed by atoms with Crippen LogP contribution in [0.15, 0.2) is 0 Å². The minimum Gasteiger partial charge on any atom is -0.377 e. The van der Waals surface area contributed by atoms with Crippen molar-refractivity contribution in [1.29, 1.82) is 0 Å². The molecule has 102 valence electrons. The minimum atomic E-state index is 0.463. The fourth-order valence-electron chi connectivity index (χ4n) is 2.33. The van der Waals surface area contributed by atoms with Crippen LogP contribution in [0.25, 0.3) is 0 Å². The number of hydrogen-bond donors (Lipinski definition) is 1. The van der Waals surface area contributed by atoms with Gasteiger partial charge in [-0.1, -0.05) is 20.3 Å². The van der Waals surface area contributed by atoms with Gasteiger partial charge in [0.1, 0.15) is 0 Å². The number of ether oxygens (including phenoxy) is 1. The highest BCUT2D eigenvalue weighted by molar-refractivity contribution is 7.15. The molecule has 0 radical (unpaired) electrons. The number of thiazole rings is 1. The van der Waals surface area contributed by atoms with E-state index in [0.717, 1.165) is 44.2 Å². The second-order valence-corrected chi connectivity index (χ2v) is 5.71. The summed E-state index contributed by atoms with van der Waals surface area (Å²) in [6, 6.07) is 0.463. The third kappa shape index (κ3) is 2.84. The van der Waals surface area contributed by atoms with Crippen molar-refractivity contribution in [3.05, 3.63) is 10.6 Å². The van der Waals surface area contributed by atoms with Crippen molar-refractivity contribution in [2.75, 3.05) is 24.7 Å². The normalized spacial score (nSPS) is 20.4. The van der Waals surface area contributed by atoms with Gasteiger partial charge in [0, 0.05) is 18.0 Å². The van der Waals surface area contributed by atoms with Gasteiger partial charge in [-0.3, -0.25) is 0 Å². The van der Waals surface area contributed by atoms with E-state index >= 15 is 0 Å². The number of hydrogen-bond acceptors (Lipinski definition) is 5. The summed E-state index contributed by atoms with van der Waals surface area (Å²) in [5.41, 5.74) is 7.01. The summed E-state index contributed by atoms with van der Waals surface area (Å²) < 4.78 is 5.55. The van der Waals surface area contributed by atoms with Gasteiger partial charge in [0.15, 0.2) is 5.13 Å². The molecule has 1 atom stereocenters. The van der Waals surface area contributed by atoms with Gasteiger partial charge in [-0.2, -0.15) is 0 Å². The molecule has 0 spiro atoms. The molecular weight excluding hydrogens is 246 g/mol. The van der Waals surface area contributed by atoms with Gasteiger partial charge < -0.3 is 15.4 Å². The highest BCUT2D eigenvalue weighted by atomic mass is 32.1. The van der Waals surface area contributed by atoms with Crippen LogP contribution >= 0.6 is 11.3 Å². The Morgan fingerprint density at radius 3 is 3.00 bits per heavy atom. The predicted molar refractivity (Wildman–Crippen MR) is 76.2 cm³/mol. The molecule has 18 heavy (non-hydrogen) atoms. The summed E-state index contributed by atoms with van der Waals surface area (Å²) in [6.07, 6.45) is 3.25. The van der Waals surface area contributed by atoms with E-state index in [0.29, 0.717) is 12.6 Å². The van der Waals surface area contributed by atoms with E-state index in [-0.39, 0.29) is 0 Å². The van der Waals surface area contributed by atoms with E-state index in [4.69, 9.17) is 15.5 Å². The molecule has 1 aliphatic rings. The Hall–Kier alpha value is -0.650. The molecule has 1 fully saturated rings. The molecule has 1 aromatic heterocycles. The highest BCUT2D eigenvalue weighted by Gasteiger charge is 2.25. The second kappa shape index (κ2) is 6.50. The Bertz CT molecular complexity index is 380. The molecule has 4 nitrogen and oxygen atoms in total. The number of anilines is 1. The summed E-state index contributed by atoms with van der Waals surface area (Å²) in [7, 11) is 0. The van der Waals surface area contributed by atoms with Gasteiger partial charge in [-0.25, -0.2) is 4.98 Å². The smallest absolute Gasteiger partial charge is 0.186 e. The van der Waals surface area contributed by atoms with E-state index in [1.807, 2.05) is 0 Å². The largest absolute Gasteiger partial charge is 0.377 e. The van der Waals surface area contributed by atoms with Crippen molar-refractivity contribution < 1.29 is 4.74 Å². The van der Waals surface area contributed by atoms with Crippen LogP contribution in [0.3, 0.4) is 0 Å². The van der Waals surface area contributed by atoms with Gasteiger partial charge in [0.25, 0.3) is 0 Å².